The van der Waals surface area contributed by atoms with E-state index in [2.05, 4.69) is 5.32 Å². The lowest BCUT2D eigenvalue weighted by molar-refractivity contribution is -0.137. The number of amides is 1. The van der Waals surface area contributed by atoms with Gasteiger partial charge in [-0.2, -0.15) is 13.2 Å². The fraction of sp³-hybridized carbons (Fsp3) is 0.278. The number of carbonyl (C=O) groups is 1. The van der Waals surface area contributed by atoms with Crippen molar-refractivity contribution < 1.29 is 22.4 Å². The van der Waals surface area contributed by atoms with E-state index >= 15 is 0 Å². The summed E-state index contributed by atoms with van der Waals surface area (Å²) in [7, 11) is 0. The van der Waals surface area contributed by atoms with Crippen molar-refractivity contribution in [3.05, 3.63) is 65.5 Å². The van der Waals surface area contributed by atoms with Crippen LogP contribution in [-0.2, 0) is 16.4 Å². The summed E-state index contributed by atoms with van der Waals surface area (Å²) in [6, 6.07) is 10.3. The summed E-state index contributed by atoms with van der Waals surface area (Å²) in [5, 5.41) is 2.62. The van der Waals surface area contributed by atoms with E-state index < -0.39 is 28.9 Å². The third-order valence-electron chi connectivity index (χ3n) is 4.50. The molecule has 1 N–H and O–H groups in total. The first-order valence-corrected chi connectivity index (χ1v) is 7.57. The van der Waals surface area contributed by atoms with Crippen molar-refractivity contribution in [2.75, 3.05) is 5.32 Å². The molecule has 0 saturated heterocycles. The Morgan fingerprint density at radius 2 is 1.62 bits per heavy atom. The van der Waals surface area contributed by atoms with Crippen LogP contribution in [0.2, 0.25) is 0 Å². The van der Waals surface area contributed by atoms with Crippen molar-refractivity contribution in [2.45, 2.75) is 30.9 Å². The van der Waals surface area contributed by atoms with Gasteiger partial charge in [-0.3, -0.25) is 4.79 Å². The first-order chi connectivity index (χ1) is 11.3. The molecule has 0 radical (unpaired) electrons. The molecule has 6 heteroatoms. The molecule has 1 aliphatic rings. The highest BCUT2D eigenvalue weighted by molar-refractivity contribution is 6.00. The first kappa shape index (κ1) is 16.5. The smallest absolute Gasteiger partial charge is 0.325 e. The second kappa shape index (κ2) is 5.92. The summed E-state index contributed by atoms with van der Waals surface area (Å²) in [4.78, 5) is 12.7. The van der Waals surface area contributed by atoms with Crippen molar-refractivity contribution in [1.29, 1.82) is 0 Å². The van der Waals surface area contributed by atoms with Crippen molar-refractivity contribution in [3.8, 4) is 0 Å². The molecule has 3 rings (SSSR count). The van der Waals surface area contributed by atoms with E-state index in [-0.39, 0.29) is 5.69 Å². The molecule has 1 amide bonds. The van der Waals surface area contributed by atoms with Crippen LogP contribution in [0.1, 0.15) is 30.4 Å². The van der Waals surface area contributed by atoms with Crippen LogP contribution in [0.25, 0.3) is 0 Å². The topological polar surface area (TPSA) is 29.1 Å². The Morgan fingerprint density at radius 1 is 1.00 bits per heavy atom. The maximum Gasteiger partial charge on any atom is 0.416 e. The van der Waals surface area contributed by atoms with Gasteiger partial charge < -0.3 is 5.32 Å². The molecule has 2 nitrogen and oxygen atoms in total. The summed E-state index contributed by atoms with van der Waals surface area (Å²) in [6.45, 7) is 0. The zero-order valence-corrected chi connectivity index (χ0v) is 12.7. The van der Waals surface area contributed by atoms with Gasteiger partial charge in [0.25, 0.3) is 0 Å². The predicted molar refractivity (Wildman–Crippen MR) is 82.0 cm³/mol. The molecule has 1 saturated carbocycles. The van der Waals surface area contributed by atoms with Gasteiger partial charge in [0.1, 0.15) is 5.82 Å². The van der Waals surface area contributed by atoms with Gasteiger partial charge >= 0.3 is 6.18 Å². The number of benzene rings is 2. The number of alkyl halides is 3. The van der Waals surface area contributed by atoms with Crippen molar-refractivity contribution in [1.82, 2.24) is 0 Å². The minimum absolute atomic E-state index is 0.260. The van der Waals surface area contributed by atoms with E-state index in [9.17, 15) is 22.4 Å². The van der Waals surface area contributed by atoms with E-state index in [4.69, 9.17) is 0 Å². The third-order valence-corrected chi connectivity index (χ3v) is 4.50. The summed E-state index contributed by atoms with van der Waals surface area (Å²) in [6.07, 6.45) is -2.60. The molecule has 2 aromatic carbocycles. The first-order valence-electron chi connectivity index (χ1n) is 7.57. The normalized spacial score (nSPS) is 16.3. The number of halogens is 4. The van der Waals surface area contributed by atoms with E-state index in [0.717, 1.165) is 18.6 Å². The summed E-state index contributed by atoms with van der Waals surface area (Å²) in [5.74, 6) is -0.835. The molecule has 24 heavy (non-hydrogen) atoms. The Bertz CT molecular complexity index is 748. The summed E-state index contributed by atoms with van der Waals surface area (Å²) < 4.78 is 51.8. The fourth-order valence-electron chi connectivity index (χ4n) is 2.99. The Balaban J connectivity index is 1.82. The highest BCUT2D eigenvalue weighted by Crippen LogP contribution is 2.45. The lowest BCUT2D eigenvalue weighted by Gasteiger charge is -2.40. The zero-order valence-electron chi connectivity index (χ0n) is 12.7. The van der Waals surface area contributed by atoms with Crippen LogP contribution >= 0.6 is 0 Å². The van der Waals surface area contributed by atoms with Crippen LogP contribution in [-0.4, -0.2) is 5.91 Å². The highest BCUT2D eigenvalue weighted by Gasteiger charge is 2.47. The summed E-state index contributed by atoms with van der Waals surface area (Å²) >= 11 is 0. The predicted octanol–water partition coefficient (Wildman–Crippen LogP) is 4.90. The molecule has 2 aromatic rings. The summed E-state index contributed by atoms with van der Waals surface area (Å²) in [5.41, 5.74) is -1.14. The maximum atomic E-state index is 14.1. The third kappa shape index (κ3) is 2.88. The number of rotatable bonds is 3. The Hall–Kier alpha value is -2.37. The van der Waals surface area contributed by atoms with E-state index in [1.54, 1.807) is 18.2 Å². The van der Waals surface area contributed by atoms with Gasteiger partial charge in [-0.15, -0.1) is 0 Å². The molecular formula is C18H15F4NO. The largest absolute Gasteiger partial charge is 0.416 e. The van der Waals surface area contributed by atoms with Crippen LogP contribution in [0, 0.1) is 5.82 Å². The molecule has 0 atom stereocenters. The molecule has 0 aromatic heterocycles. The second-order valence-electron chi connectivity index (χ2n) is 5.94. The molecule has 0 bridgehead atoms. The standard InChI is InChI=1S/C18H15F4NO/c19-15-5-2-1-4-14(15)17(10-3-11-17)16(24)23-13-8-6-12(7-9-13)18(20,21)22/h1-2,4-9H,3,10-11H2,(H,23,24). The van der Waals surface area contributed by atoms with E-state index in [0.29, 0.717) is 18.4 Å². The molecule has 126 valence electrons. The molecule has 1 aliphatic carbocycles. The quantitative estimate of drug-likeness (QED) is 0.793. The Labute approximate surface area is 136 Å². The molecule has 1 fully saturated rings. The van der Waals surface area contributed by atoms with Gasteiger partial charge in [0.05, 0.1) is 11.0 Å². The minimum atomic E-state index is -4.43. The van der Waals surface area contributed by atoms with Crippen molar-refractivity contribution >= 4 is 11.6 Å². The molecular weight excluding hydrogens is 322 g/mol. The van der Waals surface area contributed by atoms with Gasteiger partial charge in [-0.1, -0.05) is 24.6 Å². The van der Waals surface area contributed by atoms with Crippen molar-refractivity contribution in [2.24, 2.45) is 0 Å². The highest BCUT2D eigenvalue weighted by atomic mass is 19.4. The van der Waals surface area contributed by atoms with Crippen LogP contribution in [0.15, 0.2) is 48.5 Å². The number of nitrogens with one attached hydrogen (secondary N) is 1. The fourth-order valence-corrected chi connectivity index (χ4v) is 2.99. The number of anilines is 1. The monoisotopic (exact) mass is 337 g/mol. The maximum absolute atomic E-state index is 14.1. The van der Waals surface area contributed by atoms with Crippen LogP contribution in [0.5, 0.6) is 0 Å². The van der Waals surface area contributed by atoms with Crippen LogP contribution < -0.4 is 5.32 Å². The van der Waals surface area contributed by atoms with Gasteiger partial charge in [-0.05, 0) is 43.2 Å². The average Bonchev–Trinajstić information content (AvgIpc) is 2.48. The van der Waals surface area contributed by atoms with E-state index in [1.807, 2.05) is 0 Å². The Kier molecular flexibility index (Phi) is 4.07. The van der Waals surface area contributed by atoms with Crippen LogP contribution in [0.3, 0.4) is 0 Å². The van der Waals surface area contributed by atoms with Gasteiger partial charge in [0.2, 0.25) is 5.91 Å². The minimum Gasteiger partial charge on any atom is -0.325 e. The molecule has 0 spiro atoms. The molecule has 0 unspecified atom stereocenters. The number of carbonyl (C=O) groups excluding carboxylic acids is 1. The van der Waals surface area contributed by atoms with Gasteiger partial charge in [0.15, 0.2) is 0 Å². The second-order valence-corrected chi connectivity index (χ2v) is 5.94. The average molecular weight is 337 g/mol. The van der Waals surface area contributed by atoms with Gasteiger partial charge in [0, 0.05) is 11.3 Å². The van der Waals surface area contributed by atoms with Crippen LogP contribution in [0.4, 0.5) is 23.2 Å². The lowest BCUT2D eigenvalue weighted by Crippen LogP contribution is -2.46. The molecule has 0 heterocycles. The SMILES string of the molecule is O=C(Nc1ccc(C(F)(F)F)cc1)C1(c2ccccc2F)CCC1. The number of hydrogen-bond donors (Lipinski definition) is 1. The Morgan fingerprint density at radius 3 is 2.12 bits per heavy atom. The molecule has 0 aliphatic heterocycles. The van der Waals surface area contributed by atoms with Gasteiger partial charge in [-0.25, -0.2) is 4.39 Å². The zero-order chi connectivity index (χ0) is 17.4. The lowest BCUT2D eigenvalue weighted by atomic mass is 9.63. The van der Waals surface area contributed by atoms with E-state index in [1.165, 1.54) is 18.2 Å². The number of hydrogen-bond acceptors (Lipinski definition) is 1. The van der Waals surface area contributed by atoms with Crippen molar-refractivity contribution in [3.63, 3.8) is 0 Å².